The number of aliphatic imine (C=N–C) groups is 1. The Bertz CT molecular complexity index is 956. The van der Waals surface area contributed by atoms with Crippen LogP contribution in [-0.2, 0) is 16.0 Å². The fraction of sp³-hybridized carbons (Fsp3) is 0.158. The third-order valence-corrected chi connectivity index (χ3v) is 4.04. The number of carbonyl (C=O) groups excluding carboxylic acids is 2. The molecule has 2 aromatic carbocycles. The van der Waals surface area contributed by atoms with Gasteiger partial charge in [0.2, 0.25) is 5.91 Å². The Hall–Kier alpha value is -4.08. The number of non-ortho nitro benzene ring substituents is 1. The molecule has 0 saturated carbocycles. The molecule has 2 amide bonds. The minimum absolute atomic E-state index is 0.0349. The van der Waals surface area contributed by atoms with Crippen LogP contribution in [0.1, 0.15) is 17.5 Å². The molecule has 0 bridgehead atoms. The second kappa shape index (κ2) is 9.22. The zero-order valence-electron chi connectivity index (χ0n) is 15.2. The van der Waals surface area contributed by atoms with Crippen molar-refractivity contribution in [3.05, 3.63) is 75.8 Å². The molecule has 2 aromatic rings. The number of hydrogen-bond acceptors (Lipinski definition) is 7. The topological polar surface area (TPSA) is 138 Å². The molecule has 3 N–H and O–H groups in total. The van der Waals surface area contributed by atoms with Crippen molar-refractivity contribution in [2.45, 2.75) is 18.9 Å². The second-order valence-corrected chi connectivity index (χ2v) is 6.21. The van der Waals surface area contributed by atoms with Crippen molar-refractivity contribution < 1.29 is 14.5 Å². The van der Waals surface area contributed by atoms with Crippen molar-refractivity contribution in [2.24, 2.45) is 10.1 Å². The minimum Gasteiger partial charge on any atom is -0.285 e. The third-order valence-electron chi connectivity index (χ3n) is 4.04. The lowest BCUT2D eigenvalue weighted by atomic mass is 10.1. The van der Waals surface area contributed by atoms with Crippen LogP contribution in [0, 0.1) is 10.1 Å². The second-order valence-electron chi connectivity index (χ2n) is 6.21. The Balaban J connectivity index is 1.55. The predicted octanol–water partition coefficient (Wildman–Crippen LogP) is 1.08. The average Bonchev–Trinajstić information content (AvgIpc) is 2.72. The van der Waals surface area contributed by atoms with Gasteiger partial charge in [-0.05, 0) is 23.3 Å². The van der Waals surface area contributed by atoms with Gasteiger partial charge in [0.1, 0.15) is 11.9 Å². The molecule has 1 atom stereocenters. The Morgan fingerprint density at radius 1 is 1.17 bits per heavy atom. The molecule has 10 nitrogen and oxygen atoms in total. The van der Waals surface area contributed by atoms with Gasteiger partial charge in [-0.1, -0.05) is 30.3 Å². The number of nitrogens with one attached hydrogen (secondary N) is 3. The van der Waals surface area contributed by atoms with E-state index in [4.69, 9.17) is 0 Å². The van der Waals surface area contributed by atoms with Crippen molar-refractivity contribution >= 4 is 29.6 Å². The summed E-state index contributed by atoms with van der Waals surface area (Å²) in [5, 5.41) is 14.4. The Morgan fingerprint density at radius 3 is 2.59 bits per heavy atom. The quantitative estimate of drug-likeness (QED) is 0.366. The van der Waals surface area contributed by atoms with E-state index < -0.39 is 22.8 Å². The van der Waals surface area contributed by atoms with Crippen LogP contribution in [0.3, 0.4) is 0 Å². The average molecular weight is 394 g/mol. The fourth-order valence-electron chi connectivity index (χ4n) is 2.60. The molecule has 0 fully saturated rings. The molecule has 0 aromatic heterocycles. The number of hydrogen-bond donors (Lipinski definition) is 3. The smallest absolute Gasteiger partial charge is 0.269 e. The molecule has 0 saturated heterocycles. The number of nitrogens with zero attached hydrogens (tertiary/aromatic N) is 3. The van der Waals surface area contributed by atoms with E-state index in [1.807, 2.05) is 30.3 Å². The molecule has 10 heteroatoms. The van der Waals surface area contributed by atoms with Crippen LogP contribution >= 0.6 is 0 Å². The van der Waals surface area contributed by atoms with Gasteiger partial charge in [0.25, 0.3) is 11.6 Å². The van der Waals surface area contributed by atoms with E-state index in [0.29, 0.717) is 17.8 Å². The van der Waals surface area contributed by atoms with Gasteiger partial charge in [0, 0.05) is 18.6 Å². The maximum absolute atomic E-state index is 12.1. The van der Waals surface area contributed by atoms with Gasteiger partial charge in [-0.2, -0.15) is 5.10 Å². The first-order valence-corrected chi connectivity index (χ1v) is 8.74. The summed E-state index contributed by atoms with van der Waals surface area (Å²) in [5.74, 6) is -0.327. The number of hydrazine groups is 1. The molecule has 29 heavy (non-hydrogen) atoms. The lowest BCUT2D eigenvalue weighted by Gasteiger charge is -2.21. The summed E-state index contributed by atoms with van der Waals surface area (Å²) in [6.45, 7) is 0. The molecule has 1 aliphatic heterocycles. The molecular weight excluding hydrogens is 376 g/mol. The van der Waals surface area contributed by atoms with Crippen molar-refractivity contribution in [3.8, 4) is 0 Å². The van der Waals surface area contributed by atoms with Gasteiger partial charge in [0.15, 0.2) is 0 Å². The van der Waals surface area contributed by atoms with Crippen molar-refractivity contribution in [3.63, 3.8) is 0 Å². The van der Waals surface area contributed by atoms with Crippen LogP contribution in [-0.4, -0.2) is 34.8 Å². The van der Waals surface area contributed by atoms with E-state index in [-0.39, 0.29) is 12.1 Å². The van der Waals surface area contributed by atoms with Crippen LogP contribution in [0.5, 0.6) is 0 Å². The molecule has 1 aliphatic rings. The number of benzene rings is 2. The Kier molecular flexibility index (Phi) is 6.25. The molecule has 0 radical (unpaired) electrons. The van der Waals surface area contributed by atoms with E-state index in [1.54, 1.807) is 0 Å². The van der Waals surface area contributed by atoms with E-state index in [9.17, 15) is 19.7 Å². The van der Waals surface area contributed by atoms with E-state index in [1.165, 1.54) is 30.5 Å². The fourth-order valence-corrected chi connectivity index (χ4v) is 2.60. The van der Waals surface area contributed by atoms with Gasteiger partial charge < -0.3 is 0 Å². The molecule has 148 valence electrons. The summed E-state index contributed by atoms with van der Waals surface area (Å²) in [4.78, 5) is 38.5. The number of hydrazone groups is 1. The molecular formula is C19H18N6O4. The zero-order valence-corrected chi connectivity index (χ0v) is 15.2. The van der Waals surface area contributed by atoms with Gasteiger partial charge in [0.05, 0.1) is 17.6 Å². The normalized spacial score (nSPS) is 15.9. The summed E-state index contributed by atoms with van der Waals surface area (Å²) < 4.78 is 0. The molecule has 1 heterocycles. The lowest BCUT2D eigenvalue weighted by molar-refractivity contribution is -0.384. The Labute approximate surface area is 165 Å². The van der Waals surface area contributed by atoms with Crippen LogP contribution in [0.2, 0.25) is 0 Å². The summed E-state index contributed by atoms with van der Waals surface area (Å²) in [6, 6.07) is 14.4. The summed E-state index contributed by atoms with van der Waals surface area (Å²) in [7, 11) is 0. The van der Waals surface area contributed by atoms with Crippen molar-refractivity contribution in [2.75, 3.05) is 0 Å². The van der Waals surface area contributed by atoms with Crippen LogP contribution in [0.15, 0.2) is 64.7 Å². The molecule has 0 unspecified atom stereocenters. The first-order chi connectivity index (χ1) is 14.0. The van der Waals surface area contributed by atoms with Crippen molar-refractivity contribution in [1.29, 1.82) is 0 Å². The van der Waals surface area contributed by atoms with Crippen LogP contribution in [0.25, 0.3) is 0 Å². The monoisotopic (exact) mass is 394 g/mol. The predicted molar refractivity (Wildman–Crippen MR) is 106 cm³/mol. The number of rotatable bonds is 7. The highest BCUT2D eigenvalue weighted by atomic mass is 16.6. The zero-order chi connectivity index (χ0) is 20.6. The largest absolute Gasteiger partial charge is 0.285 e. The number of nitro groups is 1. The number of amidine groups is 1. The van der Waals surface area contributed by atoms with E-state index in [0.717, 1.165) is 5.56 Å². The number of amides is 2. The summed E-state index contributed by atoms with van der Waals surface area (Å²) >= 11 is 0. The Morgan fingerprint density at radius 2 is 1.90 bits per heavy atom. The van der Waals surface area contributed by atoms with Gasteiger partial charge in [-0.25, -0.2) is 5.43 Å². The third kappa shape index (κ3) is 5.70. The number of nitro benzene ring substituents is 1. The lowest BCUT2D eigenvalue weighted by Crippen LogP contribution is -2.52. The maximum atomic E-state index is 12.1. The van der Waals surface area contributed by atoms with Crippen LogP contribution in [0.4, 0.5) is 5.69 Å². The highest BCUT2D eigenvalue weighted by Gasteiger charge is 2.25. The molecule has 0 spiro atoms. The standard InChI is InChI=1S/C19H18N6O4/c26-18(23-20-12-14-6-8-15(9-7-14)25(28)29)11-16-19(27)24-22-17(21-16)10-13-4-2-1-3-5-13/h1-9,12,16H,10-11H2,(H,21,22)(H,23,26)(H,24,27)/t16-/m0/s1. The van der Waals surface area contributed by atoms with E-state index >= 15 is 0 Å². The highest BCUT2D eigenvalue weighted by Crippen LogP contribution is 2.10. The van der Waals surface area contributed by atoms with Crippen molar-refractivity contribution in [1.82, 2.24) is 16.3 Å². The highest BCUT2D eigenvalue weighted by molar-refractivity contribution is 5.96. The summed E-state index contributed by atoms with van der Waals surface area (Å²) in [5.41, 5.74) is 9.14. The molecule has 3 rings (SSSR count). The maximum Gasteiger partial charge on any atom is 0.269 e. The first-order valence-electron chi connectivity index (χ1n) is 8.74. The van der Waals surface area contributed by atoms with Gasteiger partial charge >= 0.3 is 0 Å². The minimum atomic E-state index is -0.857. The van der Waals surface area contributed by atoms with E-state index in [2.05, 4.69) is 26.4 Å². The van der Waals surface area contributed by atoms with Crippen LogP contribution < -0.4 is 16.3 Å². The summed E-state index contributed by atoms with van der Waals surface area (Å²) in [6.07, 6.45) is 1.69. The first kappa shape index (κ1) is 19.7. The number of carbonyl (C=O) groups is 2. The van der Waals surface area contributed by atoms with Gasteiger partial charge in [-0.3, -0.25) is 35.5 Å². The van der Waals surface area contributed by atoms with Gasteiger partial charge in [-0.15, -0.1) is 0 Å². The SMILES string of the molecule is O=C(C[C@@H]1N=C(Cc2ccccc2)NNC1=O)NN=Cc1ccc([N+](=O)[O-])cc1. The molecule has 0 aliphatic carbocycles.